The SMILES string of the molecule is CN(Cc1ccccc1[N+](=O)[O-])C(=O)C1CCCC1N.Cl. The summed E-state index contributed by atoms with van der Waals surface area (Å²) in [6, 6.07) is 6.40. The lowest BCUT2D eigenvalue weighted by molar-refractivity contribution is -0.385. The number of benzene rings is 1. The third kappa shape index (κ3) is 3.92. The number of rotatable bonds is 4. The molecule has 0 bridgehead atoms. The van der Waals surface area contributed by atoms with E-state index in [0.717, 1.165) is 19.3 Å². The topological polar surface area (TPSA) is 89.5 Å². The average Bonchev–Trinajstić information content (AvgIpc) is 2.84. The normalized spacial score (nSPS) is 20.7. The van der Waals surface area contributed by atoms with Crippen molar-refractivity contribution in [2.45, 2.75) is 31.8 Å². The van der Waals surface area contributed by atoms with Gasteiger partial charge < -0.3 is 10.6 Å². The molecule has 0 saturated heterocycles. The van der Waals surface area contributed by atoms with Crippen LogP contribution in [-0.4, -0.2) is 28.8 Å². The second-order valence-electron chi connectivity index (χ2n) is 5.28. The number of nitro groups is 1. The zero-order valence-corrected chi connectivity index (χ0v) is 12.7. The highest BCUT2D eigenvalue weighted by Crippen LogP contribution is 2.27. The van der Waals surface area contributed by atoms with Crippen LogP contribution in [-0.2, 0) is 11.3 Å². The van der Waals surface area contributed by atoms with Crippen molar-refractivity contribution >= 4 is 24.0 Å². The Morgan fingerprint density at radius 1 is 1.43 bits per heavy atom. The molecule has 2 N–H and O–H groups in total. The summed E-state index contributed by atoms with van der Waals surface area (Å²) >= 11 is 0. The Bertz CT molecular complexity index is 524. The number of hydrogen-bond acceptors (Lipinski definition) is 4. The van der Waals surface area contributed by atoms with Crippen molar-refractivity contribution in [2.75, 3.05) is 7.05 Å². The van der Waals surface area contributed by atoms with Gasteiger partial charge in [0, 0.05) is 24.7 Å². The van der Waals surface area contributed by atoms with E-state index in [4.69, 9.17) is 5.73 Å². The third-order valence-electron chi connectivity index (χ3n) is 3.86. The molecule has 1 amide bonds. The molecule has 0 heterocycles. The standard InChI is InChI=1S/C14H19N3O3.ClH/c1-16(14(18)11-6-4-7-12(11)15)9-10-5-2-3-8-13(10)17(19)20;/h2-3,5,8,11-12H,4,6-7,9,15H2,1H3;1H. The second-order valence-corrected chi connectivity index (χ2v) is 5.28. The average molecular weight is 314 g/mol. The van der Waals surface area contributed by atoms with Crippen molar-refractivity contribution in [3.05, 3.63) is 39.9 Å². The minimum absolute atomic E-state index is 0. The fourth-order valence-electron chi connectivity index (χ4n) is 2.73. The van der Waals surface area contributed by atoms with Crippen molar-refractivity contribution in [1.29, 1.82) is 0 Å². The molecule has 0 aromatic heterocycles. The monoisotopic (exact) mass is 313 g/mol. The lowest BCUT2D eigenvalue weighted by atomic mass is 10.0. The number of hydrogen-bond donors (Lipinski definition) is 1. The number of nitrogens with zero attached hydrogens (tertiary/aromatic N) is 2. The molecule has 21 heavy (non-hydrogen) atoms. The third-order valence-corrected chi connectivity index (χ3v) is 3.86. The maximum atomic E-state index is 12.3. The van der Waals surface area contributed by atoms with Crippen molar-refractivity contribution in [1.82, 2.24) is 4.90 Å². The van der Waals surface area contributed by atoms with Crippen molar-refractivity contribution in [3.63, 3.8) is 0 Å². The molecular formula is C14H20ClN3O3. The molecule has 116 valence electrons. The summed E-state index contributed by atoms with van der Waals surface area (Å²) in [4.78, 5) is 24.4. The number of carbonyl (C=O) groups excluding carboxylic acids is 1. The largest absolute Gasteiger partial charge is 0.341 e. The molecule has 2 atom stereocenters. The van der Waals surface area contributed by atoms with Crippen LogP contribution < -0.4 is 5.73 Å². The van der Waals surface area contributed by atoms with Gasteiger partial charge in [-0.2, -0.15) is 0 Å². The molecule has 0 radical (unpaired) electrons. The van der Waals surface area contributed by atoms with Crippen LogP contribution in [0, 0.1) is 16.0 Å². The van der Waals surface area contributed by atoms with E-state index in [0.29, 0.717) is 5.56 Å². The second kappa shape index (κ2) is 7.38. The van der Waals surface area contributed by atoms with Crippen LogP contribution >= 0.6 is 12.4 Å². The van der Waals surface area contributed by atoms with E-state index >= 15 is 0 Å². The zero-order valence-electron chi connectivity index (χ0n) is 11.9. The summed E-state index contributed by atoms with van der Waals surface area (Å²) in [6.45, 7) is 0.235. The molecule has 1 aromatic rings. The van der Waals surface area contributed by atoms with Gasteiger partial charge in [0.1, 0.15) is 0 Å². The quantitative estimate of drug-likeness (QED) is 0.681. The van der Waals surface area contributed by atoms with Crippen LogP contribution in [0.1, 0.15) is 24.8 Å². The molecule has 6 nitrogen and oxygen atoms in total. The van der Waals surface area contributed by atoms with Gasteiger partial charge in [0.2, 0.25) is 5.91 Å². The molecule has 1 aliphatic rings. The van der Waals surface area contributed by atoms with E-state index in [1.807, 2.05) is 0 Å². The number of nitro benzene ring substituents is 1. The van der Waals surface area contributed by atoms with E-state index in [-0.39, 0.29) is 42.5 Å². The van der Waals surface area contributed by atoms with Crippen LogP contribution in [0.4, 0.5) is 5.69 Å². The number of carbonyl (C=O) groups is 1. The molecule has 0 spiro atoms. The van der Waals surface area contributed by atoms with Gasteiger partial charge in [-0.1, -0.05) is 24.6 Å². The van der Waals surface area contributed by atoms with Gasteiger partial charge in [-0.25, -0.2) is 0 Å². The Balaban J connectivity index is 0.00000220. The number of nitrogens with two attached hydrogens (primary N) is 1. The highest BCUT2D eigenvalue weighted by molar-refractivity contribution is 5.85. The summed E-state index contributed by atoms with van der Waals surface area (Å²) in [5.74, 6) is -0.170. The number of halogens is 1. The van der Waals surface area contributed by atoms with Crippen LogP contribution in [0.2, 0.25) is 0 Å². The fraction of sp³-hybridized carbons (Fsp3) is 0.500. The Hall–Kier alpha value is -1.66. The lowest BCUT2D eigenvalue weighted by Gasteiger charge is -2.23. The van der Waals surface area contributed by atoms with Gasteiger partial charge in [-0.3, -0.25) is 14.9 Å². The molecule has 2 unspecified atom stereocenters. The van der Waals surface area contributed by atoms with Crippen molar-refractivity contribution in [2.24, 2.45) is 11.7 Å². The first-order chi connectivity index (χ1) is 9.50. The van der Waals surface area contributed by atoms with Crippen LogP contribution in [0.3, 0.4) is 0 Å². The minimum atomic E-state index is -0.422. The van der Waals surface area contributed by atoms with E-state index < -0.39 is 4.92 Å². The van der Waals surface area contributed by atoms with Gasteiger partial charge in [-0.05, 0) is 12.8 Å². The maximum absolute atomic E-state index is 12.3. The van der Waals surface area contributed by atoms with Crippen LogP contribution in [0.5, 0.6) is 0 Å². The molecule has 1 aromatic carbocycles. The van der Waals surface area contributed by atoms with Gasteiger partial charge >= 0.3 is 0 Å². The number of amides is 1. The van der Waals surface area contributed by atoms with Crippen LogP contribution in [0.25, 0.3) is 0 Å². The molecule has 1 saturated carbocycles. The molecule has 0 aliphatic heterocycles. The van der Waals surface area contributed by atoms with E-state index in [1.54, 1.807) is 25.2 Å². The molecular weight excluding hydrogens is 294 g/mol. The summed E-state index contributed by atoms with van der Waals surface area (Å²) in [6.07, 6.45) is 2.65. The van der Waals surface area contributed by atoms with Crippen molar-refractivity contribution in [3.8, 4) is 0 Å². The fourth-order valence-corrected chi connectivity index (χ4v) is 2.73. The predicted octanol–water partition coefficient (Wildman–Crippen LogP) is 2.10. The Labute approximate surface area is 129 Å². The molecule has 1 aliphatic carbocycles. The maximum Gasteiger partial charge on any atom is 0.274 e. The Kier molecular flexibility index (Phi) is 6.11. The van der Waals surface area contributed by atoms with Gasteiger partial charge in [-0.15, -0.1) is 12.4 Å². The van der Waals surface area contributed by atoms with E-state index in [2.05, 4.69) is 0 Å². The van der Waals surface area contributed by atoms with Gasteiger partial charge in [0.15, 0.2) is 0 Å². The highest BCUT2D eigenvalue weighted by atomic mass is 35.5. The van der Waals surface area contributed by atoms with E-state index in [1.165, 1.54) is 11.0 Å². The Morgan fingerprint density at radius 2 is 2.10 bits per heavy atom. The highest BCUT2D eigenvalue weighted by Gasteiger charge is 2.32. The van der Waals surface area contributed by atoms with Gasteiger partial charge in [0.05, 0.1) is 17.4 Å². The lowest BCUT2D eigenvalue weighted by Crippen LogP contribution is -2.39. The minimum Gasteiger partial charge on any atom is -0.341 e. The summed E-state index contributed by atoms with van der Waals surface area (Å²) in [5.41, 5.74) is 6.52. The first-order valence-corrected chi connectivity index (χ1v) is 6.73. The van der Waals surface area contributed by atoms with Crippen LogP contribution in [0.15, 0.2) is 24.3 Å². The number of para-hydroxylation sites is 1. The first kappa shape index (κ1) is 17.4. The molecule has 7 heteroatoms. The van der Waals surface area contributed by atoms with Crippen molar-refractivity contribution < 1.29 is 9.72 Å². The summed E-state index contributed by atoms with van der Waals surface area (Å²) in [5, 5.41) is 11.0. The Morgan fingerprint density at radius 3 is 2.67 bits per heavy atom. The smallest absolute Gasteiger partial charge is 0.274 e. The predicted molar refractivity (Wildman–Crippen MR) is 82.1 cm³/mol. The zero-order chi connectivity index (χ0) is 14.7. The van der Waals surface area contributed by atoms with E-state index in [9.17, 15) is 14.9 Å². The van der Waals surface area contributed by atoms with Gasteiger partial charge in [0.25, 0.3) is 5.69 Å². The summed E-state index contributed by atoms with van der Waals surface area (Å²) in [7, 11) is 1.67. The molecule has 1 fully saturated rings. The molecule has 2 rings (SSSR count). The summed E-state index contributed by atoms with van der Waals surface area (Å²) < 4.78 is 0. The first-order valence-electron chi connectivity index (χ1n) is 6.73.